The Labute approximate surface area is 83.5 Å². The van der Waals surface area contributed by atoms with Crippen molar-refractivity contribution in [1.82, 2.24) is 9.78 Å². The average molecular weight is 196 g/mol. The van der Waals surface area contributed by atoms with Gasteiger partial charge >= 0.3 is 0 Å². The molecule has 78 valence electrons. The standard InChI is InChI=1S/C10H16N2O2/c1-7-8(4-6-14-7)10(13)9-3-5-12(2)11-9/h3,5,7-8,10,13H,4,6H2,1-2H3. The van der Waals surface area contributed by atoms with Gasteiger partial charge in [-0.1, -0.05) is 0 Å². The first-order valence-electron chi connectivity index (χ1n) is 4.97. The first kappa shape index (κ1) is 9.68. The fourth-order valence-corrected chi connectivity index (χ4v) is 1.97. The first-order valence-corrected chi connectivity index (χ1v) is 4.97. The van der Waals surface area contributed by atoms with Crippen LogP contribution < -0.4 is 0 Å². The van der Waals surface area contributed by atoms with Gasteiger partial charge in [-0.05, 0) is 19.4 Å². The largest absolute Gasteiger partial charge is 0.386 e. The zero-order valence-corrected chi connectivity index (χ0v) is 8.55. The monoisotopic (exact) mass is 196 g/mol. The predicted molar refractivity (Wildman–Crippen MR) is 51.7 cm³/mol. The molecule has 0 radical (unpaired) electrons. The van der Waals surface area contributed by atoms with Crippen molar-refractivity contribution in [3.63, 3.8) is 0 Å². The molecule has 3 unspecified atom stereocenters. The topological polar surface area (TPSA) is 47.3 Å². The summed E-state index contributed by atoms with van der Waals surface area (Å²) in [6.45, 7) is 2.75. The lowest BCUT2D eigenvalue weighted by Crippen LogP contribution is -2.20. The molecule has 3 atom stereocenters. The Kier molecular flexibility index (Phi) is 2.56. The summed E-state index contributed by atoms with van der Waals surface area (Å²) in [7, 11) is 1.85. The van der Waals surface area contributed by atoms with Crippen LogP contribution in [0.25, 0.3) is 0 Å². The molecular formula is C10H16N2O2. The van der Waals surface area contributed by atoms with Crippen molar-refractivity contribution in [2.45, 2.75) is 25.6 Å². The number of aliphatic hydroxyl groups excluding tert-OH is 1. The van der Waals surface area contributed by atoms with Crippen molar-refractivity contribution < 1.29 is 9.84 Å². The van der Waals surface area contributed by atoms with Crippen LogP contribution in [0.4, 0.5) is 0 Å². The van der Waals surface area contributed by atoms with Crippen LogP contribution in [0.2, 0.25) is 0 Å². The Bertz CT molecular complexity index is 311. The third-order valence-corrected chi connectivity index (χ3v) is 2.88. The second-order valence-corrected chi connectivity index (χ2v) is 3.89. The third-order valence-electron chi connectivity index (χ3n) is 2.88. The summed E-state index contributed by atoms with van der Waals surface area (Å²) in [6, 6.07) is 1.86. The van der Waals surface area contributed by atoms with Crippen LogP contribution in [-0.4, -0.2) is 27.6 Å². The Morgan fingerprint density at radius 3 is 3.00 bits per heavy atom. The molecule has 2 rings (SSSR count). The van der Waals surface area contributed by atoms with Gasteiger partial charge in [0.05, 0.1) is 11.8 Å². The summed E-state index contributed by atoms with van der Waals surface area (Å²) in [4.78, 5) is 0. The minimum Gasteiger partial charge on any atom is -0.386 e. The lowest BCUT2D eigenvalue weighted by molar-refractivity contribution is 0.0408. The molecule has 14 heavy (non-hydrogen) atoms. The minimum absolute atomic E-state index is 0.131. The number of hydrogen-bond donors (Lipinski definition) is 1. The molecule has 1 aliphatic rings. The molecule has 0 aliphatic carbocycles. The van der Waals surface area contributed by atoms with E-state index in [0.29, 0.717) is 0 Å². The molecule has 1 aromatic rings. The Morgan fingerprint density at radius 1 is 1.71 bits per heavy atom. The molecule has 1 N–H and O–H groups in total. The Balaban J connectivity index is 2.11. The van der Waals surface area contributed by atoms with Gasteiger partial charge in [-0.15, -0.1) is 0 Å². The minimum atomic E-state index is -0.492. The SMILES string of the molecule is CC1OCCC1C(O)c1ccn(C)n1. The third kappa shape index (κ3) is 1.67. The van der Waals surface area contributed by atoms with E-state index in [0.717, 1.165) is 18.7 Å². The van der Waals surface area contributed by atoms with Gasteiger partial charge in [0, 0.05) is 25.8 Å². The molecular weight excluding hydrogens is 180 g/mol. The van der Waals surface area contributed by atoms with Crippen LogP contribution in [0.3, 0.4) is 0 Å². The van der Waals surface area contributed by atoms with Gasteiger partial charge in [0.2, 0.25) is 0 Å². The predicted octanol–water partition coefficient (Wildman–Crippen LogP) is 0.878. The van der Waals surface area contributed by atoms with Crippen molar-refractivity contribution in [3.05, 3.63) is 18.0 Å². The quantitative estimate of drug-likeness (QED) is 0.763. The van der Waals surface area contributed by atoms with Crippen molar-refractivity contribution in [3.8, 4) is 0 Å². The number of aryl methyl sites for hydroxylation is 1. The zero-order valence-electron chi connectivity index (χ0n) is 8.55. The van der Waals surface area contributed by atoms with E-state index in [1.165, 1.54) is 0 Å². The van der Waals surface area contributed by atoms with Gasteiger partial charge in [-0.3, -0.25) is 4.68 Å². The molecule has 1 fully saturated rings. The van der Waals surface area contributed by atoms with E-state index in [9.17, 15) is 5.11 Å². The van der Waals surface area contributed by atoms with Crippen LogP contribution in [-0.2, 0) is 11.8 Å². The van der Waals surface area contributed by atoms with E-state index in [1.807, 2.05) is 26.2 Å². The zero-order chi connectivity index (χ0) is 10.1. The van der Waals surface area contributed by atoms with Gasteiger partial charge in [-0.25, -0.2) is 0 Å². The summed E-state index contributed by atoms with van der Waals surface area (Å²) < 4.78 is 7.13. The normalized spacial score (nSPS) is 29.4. The highest BCUT2D eigenvalue weighted by Gasteiger charge is 2.32. The lowest BCUT2D eigenvalue weighted by atomic mass is 9.94. The summed E-state index contributed by atoms with van der Waals surface area (Å²) >= 11 is 0. The van der Waals surface area contributed by atoms with E-state index in [-0.39, 0.29) is 12.0 Å². The maximum atomic E-state index is 10.0. The second-order valence-electron chi connectivity index (χ2n) is 3.89. The number of nitrogens with zero attached hydrogens (tertiary/aromatic N) is 2. The maximum absolute atomic E-state index is 10.0. The smallest absolute Gasteiger partial charge is 0.103 e. The molecule has 4 heteroatoms. The fourth-order valence-electron chi connectivity index (χ4n) is 1.97. The molecule has 0 amide bonds. The molecule has 2 heterocycles. The fraction of sp³-hybridized carbons (Fsp3) is 0.700. The van der Waals surface area contributed by atoms with Gasteiger partial charge in [0.1, 0.15) is 6.10 Å². The highest BCUT2D eigenvalue weighted by Crippen LogP contribution is 2.32. The number of ether oxygens (including phenoxy) is 1. The van der Waals surface area contributed by atoms with Gasteiger partial charge in [0.25, 0.3) is 0 Å². The number of rotatable bonds is 2. The average Bonchev–Trinajstić information content (AvgIpc) is 2.73. The van der Waals surface area contributed by atoms with Gasteiger partial charge in [0.15, 0.2) is 0 Å². The van der Waals surface area contributed by atoms with Gasteiger partial charge in [-0.2, -0.15) is 5.10 Å². The molecule has 0 spiro atoms. The maximum Gasteiger partial charge on any atom is 0.103 e. The van der Waals surface area contributed by atoms with Crippen molar-refractivity contribution >= 4 is 0 Å². The highest BCUT2D eigenvalue weighted by molar-refractivity contribution is 5.05. The van der Waals surface area contributed by atoms with Crippen molar-refractivity contribution in [2.75, 3.05) is 6.61 Å². The van der Waals surface area contributed by atoms with Crippen LogP contribution in [0, 0.1) is 5.92 Å². The van der Waals surface area contributed by atoms with E-state index in [4.69, 9.17) is 4.74 Å². The molecule has 0 aromatic carbocycles. The molecule has 1 aromatic heterocycles. The van der Waals surface area contributed by atoms with Crippen molar-refractivity contribution in [2.24, 2.45) is 13.0 Å². The van der Waals surface area contributed by atoms with Crippen LogP contribution >= 0.6 is 0 Å². The molecule has 4 nitrogen and oxygen atoms in total. The van der Waals surface area contributed by atoms with E-state index in [1.54, 1.807) is 4.68 Å². The first-order chi connectivity index (χ1) is 6.68. The summed E-state index contributed by atoms with van der Waals surface area (Å²) in [5.41, 5.74) is 0.745. The summed E-state index contributed by atoms with van der Waals surface area (Å²) in [6.07, 6.45) is 2.40. The number of aliphatic hydroxyl groups is 1. The van der Waals surface area contributed by atoms with Crippen LogP contribution in [0.15, 0.2) is 12.3 Å². The van der Waals surface area contributed by atoms with Crippen LogP contribution in [0.1, 0.15) is 25.1 Å². The van der Waals surface area contributed by atoms with Gasteiger partial charge < -0.3 is 9.84 Å². The highest BCUT2D eigenvalue weighted by atomic mass is 16.5. The lowest BCUT2D eigenvalue weighted by Gasteiger charge is -2.18. The van der Waals surface area contributed by atoms with Crippen molar-refractivity contribution in [1.29, 1.82) is 0 Å². The number of hydrogen-bond acceptors (Lipinski definition) is 3. The molecule has 1 saturated heterocycles. The van der Waals surface area contributed by atoms with E-state index >= 15 is 0 Å². The molecule has 0 bridgehead atoms. The Morgan fingerprint density at radius 2 is 2.50 bits per heavy atom. The molecule has 1 aliphatic heterocycles. The van der Waals surface area contributed by atoms with Crippen LogP contribution in [0.5, 0.6) is 0 Å². The molecule has 0 saturated carbocycles. The Hall–Kier alpha value is -0.870. The second kappa shape index (κ2) is 3.71. The van der Waals surface area contributed by atoms with E-state index in [2.05, 4.69) is 5.10 Å². The summed E-state index contributed by atoms with van der Waals surface area (Å²) in [5.74, 6) is 0.185. The van der Waals surface area contributed by atoms with E-state index < -0.39 is 6.10 Å². The summed E-state index contributed by atoms with van der Waals surface area (Å²) in [5, 5.41) is 14.2. The number of aromatic nitrogens is 2.